The van der Waals surface area contributed by atoms with Crippen molar-refractivity contribution in [3.8, 4) is 0 Å². The first-order chi connectivity index (χ1) is 24.3. The fourth-order valence-electron chi connectivity index (χ4n) is 6.95. The van der Waals surface area contributed by atoms with Crippen LogP contribution in [0.4, 0.5) is 0 Å². The normalized spacial score (nSPS) is 24.5. The minimum absolute atomic E-state index is 0.256. The van der Waals surface area contributed by atoms with E-state index in [-0.39, 0.29) is 25.4 Å². The van der Waals surface area contributed by atoms with Crippen molar-refractivity contribution in [3.63, 3.8) is 0 Å². The van der Waals surface area contributed by atoms with Crippen LogP contribution in [0.25, 0.3) is 0 Å². The minimum atomic E-state index is -1.60. The van der Waals surface area contributed by atoms with Gasteiger partial charge in [-0.1, -0.05) is 135 Å². The molecular formula is C39H75NO10. The lowest BCUT2D eigenvalue weighted by Crippen LogP contribution is -2.60. The van der Waals surface area contributed by atoms with E-state index in [1.165, 1.54) is 116 Å². The van der Waals surface area contributed by atoms with Crippen LogP contribution in [-0.2, 0) is 19.0 Å². The van der Waals surface area contributed by atoms with Gasteiger partial charge in [-0.25, -0.2) is 0 Å². The molecule has 296 valence electrons. The van der Waals surface area contributed by atoms with Gasteiger partial charge in [-0.3, -0.25) is 4.79 Å². The number of amides is 1. The molecule has 11 nitrogen and oxygen atoms in total. The molecule has 0 aromatic rings. The highest BCUT2D eigenvalue weighted by Gasteiger charge is 2.44. The van der Waals surface area contributed by atoms with Gasteiger partial charge in [-0.15, -0.1) is 0 Å². The van der Waals surface area contributed by atoms with E-state index in [1.807, 2.05) is 0 Å². The molecule has 0 aliphatic carbocycles. The van der Waals surface area contributed by atoms with Crippen molar-refractivity contribution in [2.45, 2.75) is 210 Å². The van der Waals surface area contributed by atoms with Gasteiger partial charge in [0, 0.05) is 12.3 Å². The number of hydrogen-bond donors (Lipinski definition) is 7. The molecule has 0 aromatic heterocycles. The number of ether oxygens (including phenoxy) is 3. The van der Waals surface area contributed by atoms with Crippen LogP contribution in [0.2, 0.25) is 0 Å². The van der Waals surface area contributed by atoms with Crippen molar-refractivity contribution >= 4 is 5.91 Å². The lowest BCUT2D eigenvalue weighted by atomic mass is 9.98. The Morgan fingerprint density at radius 1 is 0.700 bits per heavy atom. The molecule has 1 amide bonds. The van der Waals surface area contributed by atoms with E-state index < -0.39 is 55.6 Å². The van der Waals surface area contributed by atoms with Crippen molar-refractivity contribution in [1.82, 2.24) is 5.32 Å². The maximum Gasteiger partial charge on any atom is 0.220 e. The monoisotopic (exact) mass is 718 g/mol. The van der Waals surface area contributed by atoms with Gasteiger partial charge in [-0.2, -0.15) is 0 Å². The van der Waals surface area contributed by atoms with Crippen LogP contribution in [0.5, 0.6) is 0 Å². The van der Waals surface area contributed by atoms with Crippen molar-refractivity contribution in [2.24, 2.45) is 5.92 Å². The molecular weight excluding hydrogens is 642 g/mol. The first kappa shape index (κ1) is 45.3. The number of aliphatic hydroxyl groups is 6. The number of rotatable bonds is 32. The van der Waals surface area contributed by atoms with E-state index in [0.29, 0.717) is 0 Å². The molecule has 0 bridgehead atoms. The molecule has 2 saturated heterocycles. The molecule has 2 fully saturated rings. The molecule has 7 N–H and O–H groups in total. The predicted molar refractivity (Wildman–Crippen MR) is 194 cm³/mol. The molecule has 0 aromatic carbocycles. The van der Waals surface area contributed by atoms with E-state index >= 15 is 0 Å². The topological polar surface area (TPSA) is 178 Å². The largest absolute Gasteiger partial charge is 0.394 e. The van der Waals surface area contributed by atoms with Crippen molar-refractivity contribution in [2.75, 3.05) is 26.4 Å². The Morgan fingerprint density at radius 3 is 1.58 bits per heavy atom. The summed E-state index contributed by atoms with van der Waals surface area (Å²) in [5.74, 6) is 0.588. The summed E-state index contributed by atoms with van der Waals surface area (Å²) in [5.41, 5.74) is 0. The molecule has 2 heterocycles. The Kier molecular flexibility index (Phi) is 25.9. The summed E-state index contributed by atoms with van der Waals surface area (Å²) in [6.45, 7) is 2.80. The average Bonchev–Trinajstić information content (AvgIpc) is 3.10. The van der Waals surface area contributed by atoms with Crippen molar-refractivity contribution in [3.05, 3.63) is 0 Å². The zero-order valence-corrected chi connectivity index (χ0v) is 31.3. The number of aliphatic hydroxyl groups excluding tert-OH is 6. The molecule has 8 atom stereocenters. The van der Waals surface area contributed by atoms with Gasteiger partial charge in [0.25, 0.3) is 0 Å². The molecule has 5 unspecified atom stereocenters. The third-order valence-corrected chi connectivity index (χ3v) is 10.6. The highest BCUT2D eigenvalue weighted by atomic mass is 16.7. The summed E-state index contributed by atoms with van der Waals surface area (Å²) < 4.78 is 16.1. The van der Waals surface area contributed by atoms with E-state index in [9.17, 15) is 35.4 Å². The Morgan fingerprint density at radius 2 is 1.16 bits per heavy atom. The lowest BCUT2D eigenvalue weighted by molar-refractivity contribution is -0.303. The van der Waals surface area contributed by atoms with Crippen molar-refractivity contribution < 1.29 is 49.6 Å². The van der Waals surface area contributed by atoms with Gasteiger partial charge < -0.3 is 50.2 Å². The SMILES string of the molecule is CC[C@@H](O)[C@@H](O)[C@H](COC1OC(CO)C(O)C(O)C1O)NC(=O)CCCCCCCCCCCCCCCCCCCCCCCC1COC1. The van der Waals surface area contributed by atoms with Crippen LogP contribution >= 0.6 is 0 Å². The molecule has 2 aliphatic heterocycles. The van der Waals surface area contributed by atoms with Crippen LogP contribution in [0.15, 0.2) is 0 Å². The maximum absolute atomic E-state index is 12.7. The number of carbonyl (C=O) groups excluding carboxylic acids is 1. The molecule has 50 heavy (non-hydrogen) atoms. The van der Waals surface area contributed by atoms with E-state index in [1.54, 1.807) is 6.92 Å². The quantitative estimate of drug-likeness (QED) is 0.0467. The van der Waals surface area contributed by atoms with Gasteiger partial charge in [0.15, 0.2) is 6.29 Å². The van der Waals surface area contributed by atoms with Crippen molar-refractivity contribution in [1.29, 1.82) is 0 Å². The van der Waals surface area contributed by atoms with Crippen LogP contribution < -0.4 is 5.32 Å². The fourth-order valence-corrected chi connectivity index (χ4v) is 6.95. The zero-order valence-electron chi connectivity index (χ0n) is 31.3. The Hall–Kier alpha value is -0.890. The Labute approximate surface area is 302 Å². The van der Waals surface area contributed by atoms with Crippen LogP contribution in [0, 0.1) is 5.92 Å². The summed E-state index contributed by atoms with van der Waals surface area (Å²) in [7, 11) is 0. The first-order valence-electron chi connectivity index (χ1n) is 20.4. The van der Waals surface area contributed by atoms with E-state index in [4.69, 9.17) is 14.2 Å². The van der Waals surface area contributed by atoms with E-state index in [2.05, 4.69) is 5.32 Å². The summed E-state index contributed by atoms with van der Waals surface area (Å²) >= 11 is 0. The van der Waals surface area contributed by atoms with Crippen LogP contribution in [0.3, 0.4) is 0 Å². The van der Waals surface area contributed by atoms with Crippen LogP contribution in [-0.4, -0.2) is 112 Å². The van der Waals surface area contributed by atoms with E-state index in [0.717, 1.165) is 44.8 Å². The predicted octanol–water partition coefficient (Wildman–Crippen LogP) is 5.04. The second kappa shape index (κ2) is 28.6. The lowest BCUT2D eigenvalue weighted by Gasteiger charge is -2.40. The first-order valence-corrected chi connectivity index (χ1v) is 20.4. The second-order valence-electron chi connectivity index (χ2n) is 15.0. The summed E-state index contributed by atoms with van der Waals surface area (Å²) in [4.78, 5) is 12.7. The molecule has 0 spiro atoms. The van der Waals surface area contributed by atoms with Gasteiger partial charge in [0.1, 0.15) is 30.5 Å². The standard InChI is InChI=1S/C39H75NO10/c1-2-32(42)35(44)31(29-49-39-38(47)37(46)36(45)33(26-41)50-39)40-34(43)25-23-21-19-17-15-13-11-9-7-5-3-4-6-8-10-12-14-16-18-20-22-24-30-27-48-28-30/h30-33,35-39,41-42,44-47H,2-29H2,1H3,(H,40,43)/t31-,32+,33?,35-,36?,37?,38?,39?/m0/s1. The molecule has 2 rings (SSSR count). The third kappa shape index (κ3) is 19.3. The molecule has 0 radical (unpaired) electrons. The molecule has 0 saturated carbocycles. The minimum Gasteiger partial charge on any atom is -0.394 e. The van der Waals surface area contributed by atoms with Gasteiger partial charge in [-0.05, 0) is 19.3 Å². The second-order valence-corrected chi connectivity index (χ2v) is 15.0. The fraction of sp³-hybridized carbons (Fsp3) is 0.974. The summed E-state index contributed by atoms with van der Waals surface area (Å²) in [5, 5.41) is 63.1. The average molecular weight is 718 g/mol. The zero-order chi connectivity index (χ0) is 36.4. The maximum atomic E-state index is 12.7. The smallest absolute Gasteiger partial charge is 0.220 e. The number of unbranched alkanes of at least 4 members (excludes halogenated alkanes) is 20. The highest BCUT2D eigenvalue weighted by Crippen LogP contribution is 2.23. The third-order valence-electron chi connectivity index (χ3n) is 10.6. The number of carbonyl (C=O) groups is 1. The van der Waals surface area contributed by atoms with Gasteiger partial charge in [0.05, 0.1) is 38.6 Å². The molecule has 2 aliphatic rings. The highest BCUT2D eigenvalue weighted by molar-refractivity contribution is 5.76. The number of nitrogens with one attached hydrogen (secondary N) is 1. The Bertz CT molecular complexity index is 816. The van der Waals surface area contributed by atoms with Gasteiger partial charge >= 0.3 is 0 Å². The number of hydrogen-bond acceptors (Lipinski definition) is 10. The Balaban J connectivity index is 1.40. The van der Waals surface area contributed by atoms with Crippen LogP contribution in [0.1, 0.15) is 161 Å². The summed E-state index contributed by atoms with van der Waals surface area (Å²) in [6, 6.07) is -0.984. The summed E-state index contributed by atoms with van der Waals surface area (Å²) in [6.07, 6.45) is 19.4. The molecule has 11 heteroatoms. The van der Waals surface area contributed by atoms with Gasteiger partial charge in [0.2, 0.25) is 5.91 Å².